The largest absolute Gasteiger partial charge is 0.246 e. The van der Waals surface area contributed by atoms with Crippen molar-refractivity contribution >= 4 is 24.0 Å². The average Bonchev–Trinajstić information content (AvgIpc) is 2.29. The number of thiazole rings is 1. The van der Waals surface area contributed by atoms with Crippen LogP contribution < -0.4 is 0 Å². The zero-order valence-electron chi connectivity index (χ0n) is 8.01. The first-order valence-electron chi connectivity index (χ1n) is 4.03. The Balaban J connectivity index is 3.05. The molecule has 0 N–H and O–H groups in total. The normalized spacial score (nSPS) is 12.1. The Hall–Kier alpha value is -0.0200. The minimum absolute atomic E-state index is 0.177. The molecule has 0 amide bonds. The van der Waals surface area contributed by atoms with Crippen LogP contribution in [-0.2, 0) is 11.2 Å². The first-order chi connectivity index (χ1) is 5.45. The van der Waals surface area contributed by atoms with Crippen molar-refractivity contribution in [3.05, 3.63) is 15.6 Å². The minimum Gasteiger partial charge on any atom is -0.246 e. The lowest BCUT2D eigenvalue weighted by Gasteiger charge is -2.13. The number of rotatable bonds is 1. The van der Waals surface area contributed by atoms with E-state index >= 15 is 0 Å². The summed E-state index contributed by atoms with van der Waals surface area (Å²) in [6, 6.07) is 0. The highest BCUT2D eigenvalue weighted by Gasteiger charge is 2.19. The lowest BCUT2D eigenvalue weighted by Crippen LogP contribution is -2.10. The molecule has 0 radical (unpaired) electrons. The Morgan fingerprint density at radius 3 is 2.25 bits per heavy atom. The molecule has 0 aliphatic rings. The molecule has 1 nitrogen and oxygen atoms in total. The average molecular weight is 201 g/mol. The van der Waals surface area contributed by atoms with Crippen molar-refractivity contribution in [1.82, 2.24) is 4.98 Å². The fraction of sp³-hybridized carbons (Fsp3) is 0.667. The summed E-state index contributed by atoms with van der Waals surface area (Å²) in [5.41, 5.74) is 1.32. The van der Waals surface area contributed by atoms with Crippen molar-refractivity contribution < 1.29 is 0 Å². The number of nitrogens with zero attached hydrogens (tertiary/aromatic N) is 1. The molecule has 0 saturated heterocycles. The van der Waals surface area contributed by atoms with E-state index in [9.17, 15) is 0 Å². The van der Waals surface area contributed by atoms with Gasteiger partial charge in [0.2, 0.25) is 0 Å². The quantitative estimate of drug-likeness (QED) is 0.689. The Morgan fingerprint density at radius 1 is 1.42 bits per heavy atom. The summed E-state index contributed by atoms with van der Waals surface area (Å²) in [5.74, 6) is 0.805. The second-order valence-corrected chi connectivity index (χ2v) is 5.34. The smallest absolute Gasteiger partial charge is 0.0984 e. The first-order valence-corrected chi connectivity index (χ1v) is 5.47. The van der Waals surface area contributed by atoms with Crippen molar-refractivity contribution in [2.24, 2.45) is 0 Å². The van der Waals surface area contributed by atoms with Gasteiger partial charge in [0.05, 0.1) is 10.7 Å². The summed E-state index contributed by atoms with van der Waals surface area (Å²) in [7, 11) is 0. The summed E-state index contributed by atoms with van der Waals surface area (Å²) < 4.78 is 0. The van der Waals surface area contributed by atoms with Crippen molar-refractivity contribution in [3.63, 3.8) is 0 Å². The molecular weight excluding hydrogens is 186 g/mol. The summed E-state index contributed by atoms with van der Waals surface area (Å²) in [6.45, 7) is 8.62. The number of hydrogen-bond acceptors (Lipinski definition) is 3. The van der Waals surface area contributed by atoms with E-state index in [0.717, 1.165) is 11.4 Å². The van der Waals surface area contributed by atoms with Gasteiger partial charge in [-0.15, -0.1) is 11.3 Å². The Bertz CT molecular complexity index is 271. The molecule has 0 aliphatic heterocycles. The molecular formula is C9H15NS2. The molecule has 68 valence electrons. The fourth-order valence-electron chi connectivity index (χ4n) is 0.896. The van der Waals surface area contributed by atoms with Crippen LogP contribution in [-0.4, -0.2) is 4.98 Å². The Morgan fingerprint density at radius 2 is 2.00 bits per heavy atom. The third-order valence-corrected chi connectivity index (χ3v) is 3.79. The van der Waals surface area contributed by atoms with E-state index < -0.39 is 0 Å². The van der Waals surface area contributed by atoms with Gasteiger partial charge in [-0.3, -0.25) is 0 Å². The molecule has 0 saturated carbocycles. The molecule has 0 aliphatic carbocycles. The number of aryl methyl sites for hydroxylation is 1. The van der Waals surface area contributed by atoms with Crippen LogP contribution >= 0.6 is 24.0 Å². The Labute approximate surface area is 83.6 Å². The van der Waals surface area contributed by atoms with E-state index in [1.165, 1.54) is 9.88 Å². The first kappa shape index (κ1) is 10.1. The summed E-state index contributed by atoms with van der Waals surface area (Å²) >= 11 is 6.04. The van der Waals surface area contributed by atoms with Crippen molar-refractivity contribution in [1.29, 1.82) is 0 Å². The molecule has 1 rings (SSSR count). The van der Waals surface area contributed by atoms with Crippen LogP contribution in [0.4, 0.5) is 0 Å². The van der Waals surface area contributed by atoms with Crippen molar-refractivity contribution in [2.75, 3.05) is 0 Å². The van der Waals surface area contributed by atoms with E-state index in [-0.39, 0.29) is 5.41 Å². The van der Waals surface area contributed by atoms with Gasteiger partial charge in [0.1, 0.15) is 0 Å². The van der Waals surface area contributed by atoms with Crippen LogP contribution in [0.3, 0.4) is 0 Å². The van der Waals surface area contributed by atoms with Gasteiger partial charge in [0, 0.05) is 16.0 Å². The van der Waals surface area contributed by atoms with Gasteiger partial charge in [0.25, 0.3) is 0 Å². The van der Waals surface area contributed by atoms with Crippen LogP contribution in [0.1, 0.15) is 36.3 Å². The number of hydrogen-bond donors (Lipinski definition) is 1. The molecule has 3 heteroatoms. The minimum atomic E-state index is 0.177. The molecule has 0 atom stereocenters. The number of aromatic nitrogens is 1. The van der Waals surface area contributed by atoms with Crippen LogP contribution in [0, 0.1) is 6.92 Å². The lowest BCUT2D eigenvalue weighted by atomic mass is 9.98. The van der Waals surface area contributed by atoms with Crippen molar-refractivity contribution in [2.45, 2.75) is 38.9 Å². The van der Waals surface area contributed by atoms with Crippen LogP contribution in [0.5, 0.6) is 0 Å². The molecule has 1 heterocycles. The van der Waals surface area contributed by atoms with E-state index in [0.29, 0.717) is 0 Å². The SMILES string of the molecule is Cc1nc(C(C)(C)C)sc1CS. The van der Waals surface area contributed by atoms with Gasteiger partial charge >= 0.3 is 0 Å². The fourth-order valence-corrected chi connectivity index (χ4v) is 2.30. The van der Waals surface area contributed by atoms with Gasteiger partial charge in [-0.2, -0.15) is 12.6 Å². The standard InChI is InChI=1S/C9H15NS2/c1-6-7(5-11)12-8(10-6)9(2,3)4/h11H,5H2,1-4H3. The highest BCUT2D eigenvalue weighted by Crippen LogP contribution is 2.29. The zero-order valence-corrected chi connectivity index (χ0v) is 9.72. The predicted molar refractivity (Wildman–Crippen MR) is 58.2 cm³/mol. The van der Waals surface area contributed by atoms with Crippen LogP contribution in [0.2, 0.25) is 0 Å². The number of thiol groups is 1. The Kier molecular flexibility index (Phi) is 2.84. The molecule has 0 fully saturated rings. The van der Waals surface area contributed by atoms with E-state index in [4.69, 9.17) is 0 Å². The van der Waals surface area contributed by atoms with Gasteiger partial charge in [-0.05, 0) is 6.92 Å². The highest BCUT2D eigenvalue weighted by molar-refractivity contribution is 7.79. The maximum atomic E-state index is 4.52. The lowest BCUT2D eigenvalue weighted by molar-refractivity contribution is 0.584. The molecule has 1 aromatic rings. The molecule has 1 aromatic heterocycles. The summed E-state index contributed by atoms with van der Waals surface area (Å²) in [6.07, 6.45) is 0. The predicted octanol–water partition coefficient (Wildman–Crippen LogP) is 3.18. The monoisotopic (exact) mass is 201 g/mol. The molecule has 12 heavy (non-hydrogen) atoms. The third-order valence-electron chi connectivity index (χ3n) is 1.68. The van der Waals surface area contributed by atoms with E-state index in [1.807, 2.05) is 0 Å². The van der Waals surface area contributed by atoms with Crippen LogP contribution in [0.25, 0.3) is 0 Å². The van der Waals surface area contributed by atoms with Crippen LogP contribution in [0.15, 0.2) is 0 Å². The maximum Gasteiger partial charge on any atom is 0.0984 e. The van der Waals surface area contributed by atoms with Gasteiger partial charge < -0.3 is 0 Å². The second kappa shape index (κ2) is 3.38. The van der Waals surface area contributed by atoms with Gasteiger partial charge in [-0.1, -0.05) is 20.8 Å². The topological polar surface area (TPSA) is 12.9 Å². The van der Waals surface area contributed by atoms with Gasteiger partial charge in [-0.25, -0.2) is 4.98 Å². The zero-order chi connectivity index (χ0) is 9.35. The second-order valence-electron chi connectivity index (χ2n) is 3.94. The van der Waals surface area contributed by atoms with Crippen molar-refractivity contribution in [3.8, 4) is 0 Å². The highest BCUT2D eigenvalue weighted by atomic mass is 32.1. The third kappa shape index (κ3) is 2.02. The maximum absolute atomic E-state index is 4.52. The summed E-state index contributed by atoms with van der Waals surface area (Å²) in [5, 5.41) is 1.21. The summed E-state index contributed by atoms with van der Waals surface area (Å²) in [4.78, 5) is 5.82. The molecule has 0 bridgehead atoms. The molecule has 0 aromatic carbocycles. The van der Waals surface area contributed by atoms with Gasteiger partial charge in [0.15, 0.2) is 0 Å². The molecule has 0 unspecified atom stereocenters. The van der Waals surface area contributed by atoms with E-state index in [1.54, 1.807) is 11.3 Å². The molecule has 0 spiro atoms. The van der Waals surface area contributed by atoms with E-state index in [2.05, 4.69) is 45.3 Å².